The third kappa shape index (κ3) is 4.53. The van der Waals surface area contributed by atoms with Crippen molar-refractivity contribution >= 4 is 27.0 Å². The van der Waals surface area contributed by atoms with E-state index in [4.69, 9.17) is 4.98 Å². The van der Waals surface area contributed by atoms with E-state index in [-0.39, 0.29) is 5.91 Å². The van der Waals surface area contributed by atoms with Crippen LogP contribution in [0.25, 0.3) is 11.0 Å². The Morgan fingerprint density at radius 2 is 1.73 bits per heavy atom. The van der Waals surface area contributed by atoms with Gasteiger partial charge in [-0.25, -0.2) is 13.4 Å². The summed E-state index contributed by atoms with van der Waals surface area (Å²) >= 11 is 0. The number of carbonyl (C=O) groups is 1. The summed E-state index contributed by atoms with van der Waals surface area (Å²) in [5.41, 5.74) is 4.08. The maximum atomic E-state index is 13.2. The minimum absolute atomic E-state index is 0.0507. The van der Waals surface area contributed by atoms with Crippen molar-refractivity contribution in [3.8, 4) is 0 Å². The van der Waals surface area contributed by atoms with Gasteiger partial charge in [-0.3, -0.25) is 9.69 Å². The van der Waals surface area contributed by atoms with Gasteiger partial charge in [-0.05, 0) is 49.2 Å². The van der Waals surface area contributed by atoms with Crippen molar-refractivity contribution in [2.75, 3.05) is 40.3 Å². The SMILES string of the molecule is Cc1ccc(C)c(S(=O)(=O)N2CCN(Cc3nc4cc(C(=O)N(C)C)ccc4n3C)CC2)c1. The molecule has 0 atom stereocenters. The van der Waals surface area contributed by atoms with Gasteiger partial charge in [0.25, 0.3) is 5.91 Å². The molecule has 2 aromatic carbocycles. The summed E-state index contributed by atoms with van der Waals surface area (Å²) in [6.45, 7) is 6.54. The highest BCUT2D eigenvalue weighted by Crippen LogP contribution is 2.23. The van der Waals surface area contributed by atoms with Crippen LogP contribution in [-0.4, -0.2) is 78.3 Å². The lowest BCUT2D eigenvalue weighted by Gasteiger charge is -2.34. The Kier molecular flexibility index (Phi) is 6.30. The Labute approximate surface area is 195 Å². The molecule has 4 rings (SSSR count). The van der Waals surface area contributed by atoms with Crippen molar-refractivity contribution < 1.29 is 13.2 Å². The summed E-state index contributed by atoms with van der Waals surface area (Å²) in [4.78, 5) is 21.2. The molecule has 176 valence electrons. The third-order valence-corrected chi connectivity index (χ3v) is 8.32. The van der Waals surface area contributed by atoms with Crippen molar-refractivity contribution in [3.05, 3.63) is 58.9 Å². The van der Waals surface area contributed by atoms with Gasteiger partial charge in [0.1, 0.15) is 5.82 Å². The molecule has 0 spiro atoms. The molecule has 2 heterocycles. The topological polar surface area (TPSA) is 78.8 Å². The number of amides is 1. The van der Waals surface area contributed by atoms with Crippen LogP contribution in [0.1, 0.15) is 27.3 Å². The van der Waals surface area contributed by atoms with Crippen molar-refractivity contribution in [2.24, 2.45) is 7.05 Å². The number of sulfonamides is 1. The summed E-state index contributed by atoms with van der Waals surface area (Å²) in [5, 5.41) is 0. The van der Waals surface area contributed by atoms with E-state index in [1.165, 1.54) is 0 Å². The molecule has 0 bridgehead atoms. The number of imidazole rings is 1. The van der Waals surface area contributed by atoms with E-state index < -0.39 is 10.0 Å². The van der Waals surface area contributed by atoms with Crippen LogP contribution in [-0.2, 0) is 23.6 Å². The van der Waals surface area contributed by atoms with Crippen molar-refractivity contribution in [1.29, 1.82) is 0 Å². The number of benzene rings is 2. The van der Waals surface area contributed by atoms with Gasteiger partial charge >= 0.3 is 0 Å². The standard InChI is InChI=1S/C24H31N5O3S/c1-17-6-7-18(2)22(14-17)33(31,32)29-12-10-28(11-13-29)16-23-25-20-15-19(24(30)26(3)4)8-9-21(20)27(23)5/h6-9,14-15H,10-13,16H2,1-5H3. The number of hydrogen-bond donors (Lipinski definition) is 0. The molecule has 33 heavy (non-hydrogen) atoms. The van der Waals surface area contributed by atoms with Gasteiger partial charge < -0.3 is 9.47 Å². The van der Waals surface area contributed by atoms with E-state index in [9.17, 15) is 13.2 Å². The maximum Gasteiger partial charge on any atom is 0.253 e. The highest BCUT2D eigenvalue weighted by Gasteiger charge is 2.30. The molecule has 8 nitrogen and oxygen atoms in total. The van der Waals surface area contributed by atoms with Crippen LogP contribution in [0.4, 0.5) is 0 Å². The van der Waals surface area contributed by atoms with Crippen LogP contribution in [0.5, 0.6) is 0 Å². The number of fused-ring (bicyclic) bond motifs is 1. The first-order valence-corrected chi connectivity index (χ1v) is 12.5. The van der Waals surface area contributed by atoms with Crippen LogP contribution in [0, 0.1) is 13.8 Å². The smallest absolute Gasteiger partial charge is 0.253 e. The van der Waals surface area contributed by atoms with Crippen molar-refractivity contribution in [1.82, 2.24) is 23.7 Å². The predicted molar refractivity (Wildman–Crippen MR) is 129 cm³/mol. The average molecular weight is 470 g/mol. The monoisotopic (exact) mass is 469 g/mol. The van der Waals surface area contributed by atoms with Gasteiger partial charge in [0.2, 0.25) is 10.0 Å². The average Bonchev–Trinajstić information content (AvgIpc) is 3.09. The third-order valence-electron chi connectivity index (χ3n) is 6.28. The first-order valence-electron chi connectivity index (χ1n) is 11.0. The lowest BCUT2D eigenvalue weighted by Crippen LogP contribution is -2.48. The summed E-state index contributed by atoms with van der Waals surface area (Å²) in [6.07, 6.45) is 0. The Morgan fingerprint density at radius 1 is 1.03 bits per heavy atom. The molecule has 0 radical (unpaired) electrons. The van der Waals surface area contributed by atoms with Gasteiger partial charge in [-0.15, -0.1) is 0 Å². The summed E-state index contributed by atoms with van der Waals surface area (Å²) in [7, 11) is 1.93. The van der Waals surface area contributed by atoms with Gasteiger partial charge in [0, 0.05) is 52.9 Å². The zero-order chi connectivity index (χ0) is 23.9. The molecular formula is C24H31N5O3S. The van der Waals surface area contributed by atoms with Crippen molar-refractivity contribution in [3.63, 3.8) is 0 Å². The highest BCUT2D eigenvalue weighted by molar-refractivity contribution is 7.89. The van der Waals surface area contributed by atoms with E-state index in [0.29, 0.717) is 43.2 Å². The minimum atomic E-state index is -3.51. The number of aryl methyl sites for hydroxylation is 3. The Hall–Kier alpha value is -2.75. The Balaban J connectivity index is 1.47. The molecule has 0 aliphatic carbocycles. The molecule has 1 aliphatic rings. The van der Waals surface area contributed by atoms with Crippen LogP contribution >= 0.6 is 0 Å². The largest absolute Gasteiger partial charge is 0.345 e. The van der Waals surface area contributed by atoms with E-state index >= 15 is 0 Å². The highest BCUT2D eigenvalue weighted by atomic mass is 32.2. The fourth-order valence-electron chi connectivity index (χ4n) is 4.23. The van der Waals surface area contributed by atoms with Crippen LogP contribution in [0.15, 0.2) is 41.3 Å². The zero-order valence-electron chi connectivity index (χ0n) is 19.9. The van der Waals surface area contributed by atoms with Gasteiger partial charge in [0.05, 0.1) is 22.5 Å². The van der Waals surface area contributed by atoms with Crippen LogP contribution < -0.4 is 0 Å². The van der Waals surface area contributed by atoms with E-state index in [0.717, 1.165) is 28.0 Å². The molecule has 0 N–H and O–H groups in total. The van der Waals surface area contributed by atoms with E-state index in [2.05, 4.69) is 4.90 Å². The molecule has 0 unspecified atom stereocenters. The number of carbonyl (C=O) groups excluding carboxylic acids is 1. The molecule has 1 saturated heterocycles. The summed E-state index contributed by atoms with van der Waals surface area (Å²) < 4.78 is 30.0. The normalized spacial score (nSPS) is 15.8. The quantitative estimate of drug-likeness (QED) is 0.573. The minimum Gasteiger partial charge on any atom is -0.345 e. The molecular weight excluding hydrogens is 438 g/mol. The maximum absolute atomic E-state index is 13.2. The summed E-state index contributed by atoms with van der Waals surface area (Å²) in [5.74, 6) is 0.843. The summed E-state index contributed by atoms with van der Waals surface area (Å²) in [6, 6.07) is 11.1. The number of rotatable bonds is 5. The number of aromatic nitrogens is 2. The second-order valence-corrected chi connectivity index (χ2v) is 10.8. The number of piperazine rings is 1. The molecule has 1 aromatic heterocycles. The van der Waals surface area contributed by atoms with Gasteiger partial charge in [-0.2, -0.15) is 4.31 Å². The fourth-order valence-corrected chi connectivity index (χ4v) is 5.97. The predicted octanol–water partition coefficient (Wildman–Crippen LogP) is 2.40. The molecule has 1 fully saturated rings. The van der Waals surface area contributed by atoms with Gasteiger partial charge in [-0.1, -0.05) is 12.1 Å². The van der Waals surface area contributed by atoms with Crippen molar-refractivity contribution in [2.45, 2.75) is 25.3 Å². The number of hydrogen-bond acceptors (Lipinski definition) is 5. The molecule has 9 heteroatoms. The molecule has 3 aromatic rings. The molecule has 1 amide bonds. The van der Waals surface area contributed by atoms with E-state index in [1.807, 2.05) is 55.8 Å². The molecule has 1 aliphatic heterocycles. The Bertz CT molecular complexity index is 1310. The first kappa shape index (κ1) is 23.4. The van der Waals surface area contributed by atoms with Gasteiger partial charge in [0.15, 0.2) is 0 Å². The zero-order valence-corrected chi connectivity index (χ0v) is 20.7. The number of nitrogens with zero attached hydrogens (tertiary/aromatic N) is 5. The second kappa shape index (κ2) is 8.89. The first-order chi connectivity index (χ1) is 15.6. The Morgan fingerprint density at radius 3 is 2.39 bits per heavy atom. The van der Waals surface area contributed by atoms with Crippen LogP contribution in [0.2, 0.25) is 0 Å². The lowest BCUT2D eigenvalue weighted by atomic mass is 10.2. The second-order valence-electron chi connectivity index (χ2n) is 8.94. The van der Waals surface area contributed by atoms with E-state index in [1.54, 1.807) is 29.4 Å². The molecule has 0 saturated carbocycles. The lowest BCUT2D eigenvalue weighted by molar-refractivity contribution is 0.0827. The van der Waals surface area contributed by atoms with Crippen LogP contribution in [0.3, 0.4) is 0 Å². The fraction of sp³-hybridized carbons (Fsp3) is 0.417.